The molecule has 0 aromatic rings. The molecular weight excluding hydrogens is 182 g/mol. The number of amides is 1. The maximum atomic E-state index is 11.1. The van der Waals surface area contributed by atoms with Gasteiger partial charge < -0.3 is 15.2 Å². The zero-order chi connectivity index (χ0) is 10.2. The highest BCUT2D eigenvalue weighted by Gasteiger charge is 2.60. The Labute approximate surface area is 83.6 Å². The summed E-state index contributed by atoms with van der Waals surface area (Å²) in [5, 5.41) is 12.2. The lowest BCUT2D eigenvalue weighted by molar-refractivity contribution is -0.121. The zero-order valence-corrected chi connectivity index (χ0v) is 8.45. The molecule has 80 valence electrons. The Morgan fingerprint density at radius 2 is 2.50 bits per heavy atom. The molecule has 2 aliphatic rings. The summed E-state index contributed by atoms with van der Waals surface area (Å²) in [5.41, 5.74) is -0.163. The number of carbonyl (C=O) groups is 1. The smallest absolute Gasteiger partial charge is 0.219 e. The molecule has 0 bridgehead atoms. The van der Waals surface area contributed by atoms with Crippen LogP contribution >= 0.6 is 0 Å². The van der Waals surface area contributed by atoms with Crippen molar-refractivity contribution in [2.24, 2.45) is 0 Å². The molecule has 0 radical (unpaired) electrons. The van der Waals surface area contributed by atoms with Gasteiger partial charge in [-0.05, 0) is 25.7 Å². The van der Waals surface area contributed by atoms with E-state index in [9.17, 15) is 9.90 Å². The van der Waals surface area contributed by atoms with E-state index in [0.717, 1.165) is 25.7 Å². The highest BCUT2D eigenvalue weighted by molar-refractivity contribution is 5.75. The van der Waals surface area contributed by atoms with Crippen molar-refractivity contribution in [2.45, 2.75) is 49.9 Å². The Hall–Kier alpha value is -0.610. The molecular formula is C10H17NO3. The topological polar surface area (TPSA) is 61.9 Å². The molecule has 1 aliphatic carbocycles. The minimum Gasteiger partial charge on any atom is -0.390 e. The minimum atomic E-state index is -0.312. The van der Waals surface area contributed by atoms with Gasteiger partial charge in [-0.3, -0.25) is 4.79 Å². The molecule has 2 N–H and O–H groups in total. The third kappa shape index (κ3) is 1.64. The summed E-state index contributed by atoms with van der Waals surface area (Å²) in [6.07, 6.45) is 3.77. The molecule has 0 aromatic heterocycles. The van der Waals surface area contributed by atoms with E-state index < -0.39 is 0 Å². The molecule has 2 fully saturated rings. The van der Waals surface area contributed by atoms with Gasteiger partial charge in [0.25, 0.3) is 0 Å². The van der Waals surface area contributed by atoms with E-state index in [-0.39, 0.29) is 23.7 Å². The van der Waals surface area contributed by atoms with Crippen molar-refractivity contribution in [2.75, 3.05) is 7.05 Å². The van der Waals surface area contributed by atoms with Gasteiger partial charge in [0, 0.05) is 13.5 Å². The molecule has 1 heterocycles. The number of carbonyl (C=O) groups excluding carboxylic acids is 1. The molecule has 1 saturated heterocycles. The van der Waals surface area contributed by atoms with Crippen molar-refractivity contribution in [3.05, 3.63) is 0 Å². The Balaban J connectivity index is 1.84. The SMILES string of the molecule is CNC(=O)CC[C@@]12CCC[C@H](O)[C@@H]1O2. The molecule has 0 aromatic carbocycles. The van der Waals surface area contributed by atoms with E-state index in [1.54, 1.807) is 7.05 Å². The number of hydrogen-bond donors (Lipinski definition) is 2. The highest BCUT2D eigenvalue weighted by atomic mass is 16.6. The fraction of sp³-hybridized carbons (Fsp3) is 0.900. The quantitative estimate of drug-likeness (QED) is 0.638. The average molecular weight is 199 g/mol. The Bertz CT molecular complexity index is 244. The summed E-state index contributed by atoms with van der Waals surface area (Å²) in [6.45, 7) is 0. The summed E-state index contributed by atoms with van der Waals surface area (Å²) in [6, 6.07) is 0. The van der Waals surface area contributed by atoms with Crippen LogP contribution in [0.15, 0.2) is 0 Å². The van der Waals surface area contributed by atoms with Gasteiger partial charge in [-0.25, -0.2) is 0 Å². The zero-order valence-electron chi connectivity index (χ0n) is 8.45. The number of aliphatic hydroxyl groups is 1. The monoisotopic (exact) mass is 199 g/mol. The van der Waals surface area contributed by atoms with Crippen molar-refractivity contribution in [1.82, 2.24) is 5.32 Å². The molecule has 3 atom stereocenters. The highest BCUT2D eigenvalue weighted by Crippen LogP contribution is 2.50. The maximum absolute atomic E-state index is 11.1. The summed E-state index contributed by atoms with van der Waals surface area (Å²) in [4.78, 5) is 11.1. The molecule has 4 heteroatoms. The van der Waals surface area contributed by atoms with E-state index in [2.05, 4.69) is 5.32 Å². The van der Waals surface area contributed by atoms with E-state index in [1.807, 2.05) is 0 Å². The maximum Gasteiger partial charge on any atom is 0.219 e. The van der Waals surface area contributed by atoms with Gasteiger partial charge in [0.15, 0.2) is 0 Å². The number of ether oxygens (including phenoxy) is 1. The van der Waals surface area contributed by atoms with E-state index in [4.69, 9.17) is 4.74 Å². The van der Waals surface area contributed by atoms with Crippen LogP contribution in [0.4, 0.5) is 0 Å². The van der Waals surface area contributed by atoms with Crippen LogP contribution < -0.4 is 5.32 Å². The van der Waals surface area contributed by atoms with Gasteiger partial charge in [-0.1, -0.05) is 0 Å². The van der Waals surface area contributed by atoms with Gasteiger partial charge >= 0.3 is 0 Å². The lowest BCUT2D eigenvalue weighted by Gasteiger charge is -2.20. The second-order valence-electron chi connectivity index (χ2n) is 4.24. The standard InChI is InChI=1S/C10H17NO3/c1-11-8(13)4-6-10-5-2-3-7(12)9(10)14-10/h7,9,12H,2-6H2,1H3,(H,11,13)/t7-,9-,10-/m0/s1. The minimum absolute atomic E-state index is 0.000839. The lowest BCUT2D eigenvalue weighted by atomic mass is 9.84. The number of nitrogens with one attached hydrogen (secondary N) is 1. The van der Waals surface area contributed by atoms with Crippen molar-refractivity contribution in [3.8, 4) is 0 Å². The molecule has 0 unspecified atom stereocenters. The Morgan fingerprint density at radius 3 is 3.21 bits per heavy atom. The summed E-state index contributed by atoms with van der Waals surface area (Å²) < 4.78 is 5.54. The van der Waals surface area contributed by atoms with Crippen LogP contribution in [0.2, 0.25) is 0 Å². The van der Waals surface area contributed by atoms with Crippen molar-refractivity contribution in [1.29, 1.82) is 0 Å². The largest absolute Gasteiger partial charge is 0.390 e. The molecule has 1 amide bonds. The molecule has 1 saturated carbocycles. The fourth-order valence-corrected chi connectivity index (χ4v) is 2.39. The number of rotatable bonds is 3. The van der Waals surface area contributed by atoms with Crippen LogP contribution in [0.25, 0.3) is 0 Å². The van der Waals surface area contributed by atoms with Gasteiger partial charge in [-0.2, -0.15) is 0 Å². The second-order valence-corrected chi connectivity index (χ2v) is 4.24. The third-order valence-electron chi connectivity index (χ3n) is 3.33. The van der Waals surface area contributed by atoms with Crippen LogP contribution in [0, 0.1) is 0 Å². The predicted octanol–water partition coefficient (Wildman–Crippen LogP) is 0.195. The Kier molecular flexibility index (Phi) is 2.49. The first kappa shape index (κ1) is 9.93. The van der Waals surface area contributed by atoms with Crippen LogP contribution in [0.1, 0.15) is 32.1 Å². The fourth-order valence-electron chi connectivity index (χ4n) is 2.39. The summed E-state index contributed by atoms with van der Waals surface area (Å²) in [5.74, 6) is 0.0497. The molecule has 4 nitrogen and oxygen atoms in total. The van der Waals surface area contributed by atoms with Crippen LogP contribution in [-0.2, 0) is 9.53 Å². The molecule has 0 spiro atoms. The van der Waals surface area contributed by atoms with Gasteiger partial charge in [0.1, 0.15) is 6.10 Å². The van der Waals surface area contributed by atoms with Gasteiger partial charge in [-0.15, -0.1) is 0 Å². The molecule has 2 rings (SSSR count). The lowest BCUT2D eigenvalue weighted by Crippen LogP contribution is -2.31. The first-order chi connectivity index (χ1) is 6.68. The number of aliphatic hydroxyl groups excluding tert-OH is 1. The molecule has 1 aliphatic heterocycles. The number of hydrogen-bond acceptors (Lipinski definition) is 3. The second kappa shape index (κ2) is 3.51. The molecule has 14 heavy (non-hydrogen) atoms. The summed E-state index contributed by atoms with van der Waals surface area (Å²) in [7, 11) is 1.64. The van der Waals surface area contributed by atoms with E-state index in [0.29, 0.717) is 6.42 Å². The van der Waals surface area contributed by atoms with E-state index in [1.165, 1.54) is 0 Å². The van der Waals surface area contributed by atoms with Gasteiger partial charge in [0.05, 0.1) is 11.7 Å². The van der Waals surface area contributed by atoms with Gasteiger partial charge in [0.2, 0.25) is 5.91 Å². The first-order valence-electron chi connectivity index (χ1n) is 5.24. The first-order valence-corrected chi connectivity index (χ1v) is 5.24. The van der Waals surface area contributed by atoms with E-state index >= 15 is 0 Å². The number of fused-ring (bicyclic) bond motifs is 1. The Morgan fingerprint density at radius 1 is 1.71 bits per heavy atom. The van der Waals surface area contributed by atoms with Crippen molar-refractivity contribution < 1.29 is 14.6 Å². The predicted molar refractivity (Wildman–Crippen MR) is 50.8 cm³/mol. The van der Waals surface area contributed by atoms with Crippen molar-refractivity contribution in [3.63, 3.8) is 0 Å². The van der Waals surface area contributed by atoms with Crippen molar-refractivity contribution >= 4 is 5.91 Å². The van der Waals surface area contributed by atoms with Crippen LogP contribution in [0.3, 0.4) is 0 Å². The number of epoxide rings is 1. The third-order valence-corrected chi connectivity index (χ3v) is 3.33. The average Bonchev–Trinajstić information content (AvgIpc) is 2.91. The van der Waals surface area contributed by atoms with Crippen LogP contribution in [0.5, 0.6) is 0 Å². The van der Waals surface area contributed by atoms with Crippen LogP contribution in [-0.4, -0.2) is 35.9 Å². The normalized spacial score (nSPS) is 40.1. The summed E-state index contributed by atoms with van der Waals surface area (Å²) >= 11 is 0.